The van der Waals surface area contributed by atoms with Crippen molar-refractivity contribution in [2.45, 2.75) is 33.2 Å². The number of aryl methyl sites for hydroxylation is 1. The zero-order valence-corrected chi connectivity index (χ0v) is 21.4. The molecule has 0 saturated carbocycles. The zero-order valence-electron chi connectivity index (χ0n) is 18.4. The number of anilines is 1. The molecule has 0 unspecified atom stereocenters. The number of rotatable bonds is 7. The molecule has 0 spiro atoms. The average Bonchev–Trinajstić information content (AvgIpc) is 3.04. The van der Waals surface area contributed by atoms with Gasteiger partial charge in [-0.2, -0.15) is 0 Å². The molecule has 1 atom stereocenters. The van der Waals surface area contributed by atoms with Crippen LogP contribution in [0.2, 0.25) is 20.1 Å². The van der Waals surface area contributed by atoms with Crippen LogP contribution in [-0.4, -0.2) is 41.2 Å². The Labute approximate surface area is 216 Å². The maximum atomic E-state index is 13.2. The van der Waals surface area contributed by atoms with Crippen LogP contribution < -0.4 is 5.32 Å². The van der Waals surface area contributed by atoms with Crippen molar-refractivity contribution in [2.24, 2.45) is 5.92 Å². The van der Waals surface area contributed by atoms with Gasteiger partial charge in [0, 0.05) is 5.69 Å². The van der Waals surface area contributed by atoms with E-state index >= 15 is 0 Å². The average molecular weight is 546 g/mol. The third kappa shape index (κ3) is 5.03. The second-order valence-corrected chi connectivity index (χ2v) is 9.61. The molecule has 2 aromatic rings. The third-order valence-corrected chi connectivity index (χ3v) is 6.98. The monoisotopic (exact) mass is 544 g/mol. The standard InChI is InChI=1S/C23H20Cl4N2O5/c1-10(2)8-13(23(33)34-9-14(30)28-12-7-5-4-6-11(12)3)29-21(31)15-16(22(29)32)18(25)20(27)19(26)17(15)24/h4-7,10,13H,8-9H2,1-3H3,(H,28,30)/t13-/m0/s1. The SMILES string of the molecule is Cc1ccccc1NC(=O)COC(=O)[C@H](CC(C)C)N1C(=O)c2c(Cl)c(Cl)c(Cl)c(Cl)c2C1=O. The maximum absolute atomic E-state index is 13.2. The van der Waals surface area contributed by atoms with Gasteiger partial charge in [0.25, 0.3) is 17.7 Å². The van der Waals surface area contributed by atoms with Gasteiger partial charge in [-0.15, -0.1) is 0 Å². The summed E-state index contributed by atoms with van der Waals surface area (Å²) in [4.78, 5) is 52.3. The molecule has 0 saturated heterocycles. The number of benzene rings is 2. The van der Waals surface area contributed by atoms with E-state index in [0.717, 1.165) is 10.5 Å². The number of para-hydroxylation sites is 1. The van der Waals surface area contributed by atoms with E-state index in [-0.39, 0.29) is 43.6 Å². The number of esters is 1. The van der Waals surface area contributed by atoms with Crippen molar-refractivity contribution >= 4 is 75.8 Å². The number of carbonyl (C=O) groups excluding carboxylic acids is 4. The second kappa shape index (κ2) is 10.5. The van der Waals surface area contributed by atoms with E-state index < -0.39 is 36.3 Å². The summed E-state index contributed by atoms with van der Waals surface area (Å²) >= 11 is 24.5. The van der Waals surface area contributed by atoms with Crippen molar-refractivity contribution < 1.29 is 23.9 Å². The number of hydrogen-bond donors (Lipinski definition) is 1. The maximum Gasteiger partial charge on any atom is 0.329 e. The van der Waals surface area contributed by atoms with Crippen LogP contribution in [0.4, 0.5) is 5.69 Å². The minimum Gasteiger partial charge on any atom is -0.454 e. The van der Waals surface area contributed by atoms with Crippen molar-refractivity contribution in [3.05, 3.63) is 61.0 Å². The van der Waals surface area contributed by atoms with Crippen molar-refractivity contribution in [1.29, 1.82) is 0 Å². The van der Waals surface area contributed by atoms with Crippen LogP contribution in [-0.2, 0) is 14.3 Å². The number of halogens is 4. The van der Waals surface area contributed by atoms with Gasteiger partial charge in [-0.05, 0) is 30.9 Å². The Hall–Kier alpha value is -2.32. The first-order valence-corrected chi connectivity index (χ1v) is 11.7. The molecule has 2 aromatic carbocycles. The summed E-state index contributed by atoms with van der Waals surface area (Å²) in [5.41, 5.74) is 0.937. The van der Waals surface area contributed by atoms with Crippen molar-refractivity contribution in [1.82, 2.24) is 4.90 Å². The number of hydrogen-bond acceptors (Lipinski definition) is 5. The van der Waals surface area contributed by atoms with Crippen LogP contribution >= 0.6 is 46.4 Å². The largest absolute Gasteiger partial charge is 0.454 e. The minimum atomic E-state index is -1.32. The Balaban J connectivity index is 1.83. The number of nitrogens with zero attached hydrogens (tertiary/aromatic N) is 1. The Bertz CT molecular complexity index is 1150. The van der Waals surface area contributed by atoms with Gasteiger partial charge in [0.05, 0.1) is 31.2 Å². The summed E-state index contributed by atoms with van der Waals surface area (Å²) in [6, 6.07) is 5.78. The summed E-state index contributed by atoms with van der Waals surface area (Å²) in [6.45, 7) is 4.81. The smallest absolute Gasteiger partial charge is 0.329 e. The highest BCUT2D eigenvalue weighted by atomic mass is 35.5. The fourth-order valence-corrected chi connectivity index (χ4v) is 4.55. The fourth-order valence-electron chi connectivity index (χ4n) is 3.54. The first kappa shape index (κ1) is 26.3. The molecule has 1 aliphatic rings. The molecular formula is C23H20Cl4N2O5. The summed E-state index contributed by atoms with van der Waals surface area (Å²) in [7, 11) is 0. The molecule has 0 fully saturated rings. The van der Waals surface area contributed by atoms with E-state index in [1.807, 2.05) is 19.1 Å². The van der Waals surface area contributed by atoms with Gasteiger partial charge in [0.1, 0.15) is 6.04 Å². The van der Waals surface area contributed by atoms with Crippen LogP contribution in [0.5, 0.6) is 0 Å². The van der Waals surface area contributed by atoms with Crippen LogP contribution in [0.3, 0.4) is 0 Å². The molecule has 7 nitrogen and oxygen atoms in total. The van der Waals surface area contributed by atoms with Gasteiger partial charge >= 0.3 is 5.97 Å². The Morgan fingerprint density at radius 3 is 1.97 bits per heavy atom. The summed E-state index contributed by atoms with van der Waals surface area (Å²) in [6.07, 6.45) is 0.0837. The molecule has 3 amide bonds. The van der Waals surface area contributed by atoms with E-state index in [4.69, 9.17) is 51.1 Å². The molecule has 1 aliphatic heterocycles. The first-order chi connectivity index (χ1) is 16.0. The lowest BCUT2D eigenvalue weighted by atomic mass is 10.0. The first-order valence-electron chi connectivity index (χ1n) is 10.2. The van der Waals surface area contributed by atoms with E-state index in [9.17, 15) is 19.2 Å². The van der Waals surface area contributed by atoms with Gasteiger partial charge in [-0.1, -0.05) is 78.5 Å². The molecule has 3 rings (SSSR count). The molecular weight excluding hydrogens is 526 g/mol. The highest BCUT2D eigenvalue weighted by Gasteiger charge is 2.47. The molecule has 0 radical (unpaired) electrons. The molecule has 0 aliphatic carbocycles. The van der Waals surface area contributed by atoms with Crippen molar-refractivity contribution in [3.8, 4) is 0 Å². The molecule has 34 heavy (non-hydrogen) atoms. The number of ether oxygens (including phenoxy) is 1. The van der Waals surface area contributed by atoms with Crippen molar-refractivity contribution in [2.75, 3.05) is 11.9 Å². The van der Waals surface area contributed by atoms with Crippen LogP contribution in [0.25, 0.3) is 0 Å². The topological polar surface area (TPSA) is 92.8 Å². The minimum absolute atomic E-state index is 0.0837. The quantitative estimate of drug-likeness (QED) is 0.205. The molecule has 180 valence electrons. The van der Waals surface area contributed by atoms with Gasteiger partial charge in [0.2, 0.25) is 0 Å². The van der Waals surface area contributed by atoms with Crippen LogP contribution in [0.1, 0.15) is 46.5 Å². The van der Waals surface area contributed by atoms with Gasteiger partial charge < -0.3 is 10.1 Å². The molecule has 11 heteroatoms. The predicted octanol–water partition coefficient (Wildman–Crippen LogP) is 5.80. The van der Waals surface area contributed by atoms with Crippen LogP contribution in [0.15, 0.2) is 24.3 Å². The highest BCUT2D eigenvalue weighted by Crippen LogP contribution is 2.45. The number of fused-ring (bicyclic) bond motifs is 1. The molecule has 1 N–H and O–H groups in total. The van der Waals surface area contributed by atoms with Gasteiger partial charge in [0.15, 0.2) is 6.61 Å². The van der Waals surface area contributed by atoms with Crippen LogP contribution in [0, 0.1) is 12.8 Å². The molecule has 0 bridgehead atoms. The number of amides is 3. The summed E-state index contributed by atoms with van der Waals surface area (Å²) in [5, 5.41) is 1.83. The Kier molecular flexibility index (Phi) is 8.14. The van der Waals surface area contributed by atoms with E-state index in [1.165, 1.54) is 0 Å². The van der Waals surface area contributed by atoms with Crippen molar-refractivity contribution in [3.63, 3.8) is 0 Å². The summed E-state index contributed by atoms with van der Waals surface area (Å²) in [5.74, 6) is -3.30. The summed E-state index contributed by atoms with van der Waals surface area (Å²) < 4.78 is 5.18. The predicted molar refractivity (Wildman–Crippen MR) is 131 cm³/mol. The lowest BCUT2D eigenvalue weighted by molar-refractivity contribution is -0.151. The number of nitrogens with one attached hydrogen (secondary N) is 1. The fraction of sp³-hybridized carbons (Fsp3) is 0.304. The Morgan fingerprint density at radius 1 is 0.941 bits per heavy atom. The zero-order chi connectivity index (χ0) is 25.3. The molecule has 0 aromatic heterocycles. The number of carbonyl (C=O) groups is 4. The van der Waals surface area contributed by atoms with Gasteiger partial charge in [-0.3, -0.25) is 19.3 Å². The second-order valence-electron chi connectivity index (χ2n) is 8.10. The Morgan fingerprint density at radius 2 is 1.47 bits per heavy atom. The van der Waals surface area contributed by atoms with Gasteiger partial charge in [-0.25, -0.2) is 4.79 Å². The van der Waals surface area contributed by atoms with E-state index in [1.54, 1.807) is 26.0 Å². The van der Waals surface area contributed by atoms with E-state index in [0.29, 0.717) is 5.69 Å². The lowest BCUT2D eigenvalue weighted by Gasteiger charge is -2.26. The number of imide groups is 1. The van der Waals surface area contributed by atoms with E-state index in [2.05, 4.69) is 5.32 Å². The highest BCUT2D eigenvalue weighted by molar-refractivity contribution is 6.55. The lowest BCUT2D eigenvalue weighted by Crippen LogP contribution is -2.47. The third-order valence-electron chi connectivity index (χ3n) is 5.18. The molecule has 1 heterocycles. The normalized spacial score (nSPS) is 13.8.